The van der Waals surface area contributed by atoms with Crippen LogP contribution in [0.1, 0.15) is 41.5 Å². The molecule has 1 saturated heterocycles. The lowest BCUT2D eigenvalue weighted by Crippen LogP contribution is -2.46. The van der Waals surface area contributed by atoms with Crippen molar-refractivity contribution in [3.8, 4) is 0 Å². The minimum Gasteiger partial charge on any atom is -0.0753 e. The van der Waals surface area contributed by atoms with Gasteiger partial charge >= 0.3 is 0 Å². The molecule has 1 aliphatic rings. The van der Waals surface area contributed by atoms with E-state index < -0.39 is 7.41 Å². The van der Waals surface area contributed by atoms with Crippen LogP contribution in [0.2, 0.25) is 0 Å². The van der Waals surface area contributed by atoms with Crippen molar-refractivity contribution in [2.45, 2.75) is 51.9 Å². The smallest absolute Gasteiger partial charge is 0.0753 e. The van der Waals surface area contributed by atoms with Crippen molar-refractivity contribution in [3.63, 3.8) is 0 Å². The van der Waals surface area contributed by atoms with Crippen molar-refractivity contribution >= 4 is 32.1 Å². The molecule has 2 aromatic carbocycles. The van der Waals surface area contributed by atoms with Crippen molar-refractivity contribution in [1.82, 2.24) is 0 Å². The number of rotatable bonds is 2. The molecule has 2 aromatic rings. The predicted molar refractivity (Wildman–Crippen MR) is 111 cm³/mol. The van der Waals surface area contributed by atoms with E-state index in [9.17, 15) is 0 Å². The first-order valence-corrected chi connectivity index (χ1v) is 15.5. The quantitative estimate of drug-likeness (QED) is 0.475. The van der Waals surface area contributed by atoms with Gasteiger partial charge in [0.15, 0.2) is 7.41 Å². The Bertz CT molecular complexity index is 607. The lowest BCUT2D eigenvalue weighted by atomic mass is 10.3. The second kappa shape index (κ2) is 5.80. The molecule has 0 aromatic heterocycles. The van der Waals surface area contributed by atoms with E-state index >= 15 is 0 Å². The Morgan fingerprint density at radius 3 is 1.13 bits per heavy atom. The zero-order valence-electron chi connectivity index (χ0n) is 15.2. The number of hydrogen-bond acceptors (Lipinski definition) is 0. The van der Waals surface area contributed by atoms with E-state index in [1.807, 2.05) is 0 Å². The van der Waals surface area contributed by atoms with Crippen molar-refractivity contribution in [1.29, 1.82) is 0 Å². The second-order valence-electron chi connectivity index (χ2n) is 8.37. The van der Waals surface area contributed by atoms with Crippen molar-refractivity contribution in [2.75, 3.05) is 0 Å². The molecule has 0 spiro atoms. The van der Waals surface area contributed by atoms with Gasteiger partial charge in [0, 0.05) is 0 Å². The Labute approximate surface area is 144 Å². The molecule has 2 unspecified atom stereocenters. The molecule has 0 aliphatic carbocycles. The minimum absolute atomic E-state index is 0.0604. The van der Waals surface area contributed by atoms with Crippen LogP contribution in [0.4, 0.5) is 0 Å². The average Bonchev–Trinajstić information content (AvgIpc) is 3.21. The summed E-state index contributed by atoms with van der Waals surface area (Å²) in [5.41, 5.74) is 0. The Kier molecular flexibility index (Phi) is 4.37. The van der Waals surface area contributed by atoms with Gasteiger partial charge < -0.3 is 0 Å². The van der Waals surface area contributed by atoms with Crippen LogP contribution in [-0.4, -0.2) is 17.7 Å². The van der Waals surface area contributed by atoms with Crippen LogP contribution in [0.25, 0.3) is 0 Å². The molecular weight excluding hydrogens is 330 g/mol. The van der Waals surface area contributed by atoms with Gasteiger partial charge in [-0.3, -0.25) is 0 Å². The zero-order chi connectivity index (χ0) is 16.9. The van der Waals surface area contributed by atoms with E-state index in [2.05, 4.69) is 102 Å². The molecule has 0 nitrogen and oxygen atoms in total. The molecule has 0 saturated carbocycles. The van der Waals surface area contributed by atoms with Gasteiger partial charge in [0.1, 0.15) is 0 Å². The molecule has 1 aliphatic heterocycles. The van der Waals surface area contributed by atoms with Gasteiger partial charge in [0.2, 0.25) is 0 Å². The molecule has 23 heavy (non-hydrogen) atoms. The molecule has 0 N–H and O–H groups in total. The number of benzene rings is 2. The van der Waals surface area contributed by atoms with Crippen LogP contribution in [0.3, 0.4) is 0 Å². The molecule has 0 radical (unpaired) electrons. The maximum absolute atomic E-state index is 2.49. The molecule has 1 fully saturated rings. The minimum atomic E-state index is -1.61. The first-order chi connectivity index (χ1) is 10.7. The normalized spacial score (nSPS) is 23.6. The largest absolute Gasteiger partial charge is 0.179 e. The summed E-state index contributed by atoms with van der Waals surface area (Å²) in [6, 6.07) is 23.0. The topological polar surface area (TPSA) is 0 Å². The summed E-state index contributed by atoms with van der Waals surface area (Å²) in [7, 11) is -1.48. The van der Waals surface area contributed by atoms with Crippen LogP contribution in [0.15, 0.2) is 60.7 Å². The average molecular weight is 358 g/mol. The third-order valence-corrected chi connectivity index (χ3v) is 35.1. The van der Waals surface area contributed by atoms with Gasteiger partial charge in [-0.1, -0.05) is 117 Å². The monoisotopic (exact) mass is 358 g/mol. The molecular formula is C20H28P2Si. The number of hydrogen-bond donors (Lipinski definition) is 0. The maximum Gasteiger partial charge on any atom is 0.179 e. The van der Waals surface area contributed by atoms with Gasteiger partial charge in [-0.15, -0.1) is 0 Å². The fourth-order valence-electron chi connectivity index (χ4n) is 3.79. The van der Waals surface area contributed by atoms with E-state index in [4.69, 9.17) is 0 Å². The molecule has 2 atom stereocenters. The van der Waals surface area contributed by atoms with Crippen LogP contribution >= 0.6 is 14.3 Å². The molecule has 3 heteroatoms. The van der Waals surface area contributed by atoms with Crippen molar-refractivity contribution in [2.24, 2.45) is 0 Å². The third kappa shape index (κ3) is 2.86. The highest BCUT2D eigenvalue weighted by Crippen LogP contribution is 3.04. The Hall–Kier alpha value is -0.483. The Morgan fingerprint density at radius 1 is 0.565 bits per heavy atom. The van der Waals surface area contributed by atoms with Crippen LogP contribution < -0.4 is 10.4 Å². The van der Waals surface area contributed by atoms with E-state index in [1.54, 1.807) is 10.4 Å². The third-order valence-electron chi connectivity index (χ3n) is 4.40. The summed E-state index contributed by atoms with van der Waals surface area (Å²) in [4.78, 5) is 0. The zero-order valence-corrected chi connectivity index (χ0v) is 18.0. The Morgan fingerprint density at radius 2 is 0.870 bits per heavy atom. The summed E-state index contributed by atoms with van der Waals surface area (Å²) in [6.07, 6.45) is 0. The second-order valence-corrected chi connectivity index (χ2v) is 27.2. The fraction of sp³-hybridized carbons (Fsp3) is 0.400. The lowest BCUT2D eigenvalue weighted by molar-refractivity contribution is 0.788. The van der Waals surface area contributed by atoms with Gasteiger partial charge in [-0.05, 0) is 20.7 Å². The fourth-order valence-corrected chi connectivity index (χ4v) is 49.5. The van der Waals surface area contributed by atoms with E-state index in [0.717, 1.165) is 0 Å². The summed E-state index contributed by atoms with van der Waals surface area (Å²) in [5.74, 6) is 0. The van der Waals surface area contributed by atoms with Crippen molar-refractivity contribution in [3.05, 3.63) is 60.7 Å². The molecule has 122 valence electrons. The Balaban J connectivity index is 2.25. The standard InChI is InChI=1S/C20H28P2Si/c1-19(2,3)21-22(20(4,5)6)23(21,17-13-9-7-10-14-17)18-15-11-8-12-16-18/h7-16H,1-6H3. The summed E-state index contributed by atoms with van der Waals surface area (Å²) < 4.78 is 0. The molecule has 0 amide bonds. The van der Waals surface area contributed by atoms with Crippen LogP contribution in [0, 0.1) is 0 Å². The first-order valence-electron chi connectivity index (χ1n) is 8.42. The maximum atomic E-state index is 2.49. The van der Waals surface area contributed by atoms with Gasteiger partial charge in [-0.25, -0.2) is 0 Å². The highest BCUT2D eigenvalue weighted by atomic mass is 32.5. The summed E-state index contributed by atoms with van der Waals surface area (Å²) in [6.45, 7) is 14.9. The molecule has 3 rings (SSSR count). The van der Waals surface area contributed by atoms with E-state index in [0.29, 0.717) is 10.3 Å². The lowest BCUT2D eigenvalue weighted by Gasteiger charge is -2.24. The summed E-state index contributed by atoms with van der Waals surface area (Å²) >= 11 is 0. The first kappa shape index (κ1) is 17.3. The van der Waals surface area contributed by atoms with Crippen LogP contribution in [-0.2, 0) is 0 Å². The molecule has 0 bridgehead atoms. The highest BCUT2D eigenvalue weighted by molar-refractivity contribution is 8.85. The molecule has 1 heterocycles. The van der Waals surface area contributed by atoms with Gasteiger partial charge in [0.25, 0.3) is 0 Å². The van der Waals surface area contributed by atoms with Gasteiger partial charge in [-0.2, -0.15) is 0 Å². The highest BCUT2D eigenvalue weighted by Gasteiger charge is 2.74. The van der Waals surface area contributed by atoms with Crippen LogP contribution in [0.5, 0.6) is 0 Å². The SMILES string of the molecule is CC(C)(C)P1P(C(C)(C)C)[Si]1(c1ccccc1)c1ccccc1. The van der Waals surface area contributed by atoms with Gasteiger partial charge in [0.05, 0.1) is 0 Å². The van der Waals surface area contributed by atoms with Crippen molar-refractivity contribution < 1.29 is 0 Å². The predicted octanol–water partition coefficient (Wildman–Crippen LogP) is 5.73. The van der Waals surface area contributed by atoms with E-state index in [1.165, 1.54) is 0 Å². The van der Waals surface area contributed by atoms with E-state index in [-0.39, 0.29) is 14.3 Å². The summed E-state index contributed by atoms with van der Waals surface area (Å²) in [5, 5.41) is 4.22.